The number of nitrogens with one attached hydrogen (secondary N) is 1. The molecule has 0 bridgehead atoms. The summed E-state index contributed by atoms with van der Waals surface area (Å²) in [5.74, 6) is 0.688. The van der Waals surface area contributed by atoms with Gasteiger partial charge in [-0.1, -0.05) is 38.5 Å². The summed E-state index contributed by atoms with van der Waals surface area (Å²) in [5, 5.41) is 3.47. The number of rotatable bonds is 4. The van der Waals surface area contributed by atoms with Crippen LogP contribution in [0.5, 0.6) is 0 Å². The fraction of sp³-hybridized carbons (Fsp3) is 0.647. The van der Waals surface area contributed by atoms with Gasteiger partial charge in [-0.05, 0) is 44.4 Å². The second-order valence-electron chi connectivity index (χ2n) is 5.86. The maximum absolute atomic E-state index is 3.47. The molecule has 0 aromatic heterocycles. The zero-order valence-corrected chi connectivity index (χ0v) is 12.8. The molecule has 1 saturated heterocycles. The van der Waals surface area contributed by atoms with E-state index in [1.165, 1.54) is 30.5 Å². The van der Waals surface area contributed by atoms with E-state index in [0.29, 0.717) is 18.0 Å². The lowest BCUT2D eigenvalue weighted by atomic mass is 9.86. The van der Waals surface area contributed by atoms with Gasteiger partial charge < -0.3 is 10.2 Å². The molecular formula is C17H28N2. The maximum Gasteiger partial charge on any atom is 0.0401 e. The van der Waals surface area contributed by atoms with Gasteiger partial charge in [-0.2, -0.15) is 0 Å². The third-order valence-electron chi connectivity index (χ3n) is 4.76. The summed E-state index contributed by atoms with van der Waals surface area (Å²) >= 11 is 0. The van der Waals surface area contributed by atoms with Crippen molar-refractivity contribution < 1.29 is 0 Å². The zero-order chi connectivity index (χ0) is 13.8. The van der Waals surface area contributed by atoms with E-state index in [1.54, 1.807) is 0 Å². The Balaban J connectivity index is 2.22. The van der Waals surface area contributed by atoms with E-state index in [9.17, 15) is 0 Å². The highest BCUT2D eigenvalue weighted by molar-refractivity contribution is 5.55. The van der Waals surface area contributed by atoms with Gasteiger partial charge in [0.15, 0.2) is 0 Å². The summed E-state index contributed by atoms with van der Waals surface area (Å²) in [6.07, 6.45) is 3.64. The molecule has 1 N–H and O–H groups in total. The van der Waals surface area contributed by atoms with Crippen LogP contribution in [0.25, 0.3) is 0 Å². The zero-order valence-electron chi connectivity index (χ0n) is 12.8. The second kappa shape index (κ2) is 6.42. The highest BCUT2D eigenvalue weighted by atomic mass is 15.2. The second-order valence-corrected chi connectivity index (χ2v) is 5.86. The van der Waals surface area contributed by atoms with Gasteiger partial charge in [0.1, 0.15) is 0 Å². The minimum Gasteiger partial charge on any atom is -0.368 e. The van der Waals surface area contributed by atoms with Crippen molar-refractivity contribution in [3.05, 3.63) is 29.8 Å². The Morgan fingerprint density at radius 2 is 2.00 bits per heavy atom. The van der Waals surface area contributed by atoms with Crippen LogP contribution in [0.4, 0.5) is 5.69 Å². The molecule has 1 aromatic carbocycles. The van der Waals surface area contributed by atoms with Crippen LogP contribution in [0.2, 0.25) is 0 Å². The molecule has 1 aliphatic heterocycles. The smallest absolute Gasteiger partial charge is 0.0401 e. The topological polar surface area (TPSA) is 15.3 Å². The molecule has 106 valence electrons. The van der Waals surface area contributed by atoms with Crippen LogP contribution in [0.1, 0.15) is 39.2 Å². The van der Waals surface area contributed by atoms with Gasteiger partial charge in [-0.15, -0.1) is 0 Å². The lowest BCUT2D eigenvalue weighted by molar-refractivity contribution is 0.282. The van der Waals surface area contributed by atoms with E-state index in [-0.39, 0.29) is 0 Å². The van der Waals surface area contributed by atoms with Crippen molar-refractivity contribution in [2.24, 2.45) is 5.92 Å². The third-order valence-corrected chi connectivity index (χ3v) is 4.76. The average Bonchev–Trinajstić information content (AvgIpc) is 2.43. The molecule has 2 rings (SSSR count). The highest BCUT2D eigenvalue weighted by Crippen LogP contribution is 2.31. The van der Waals surface area contributed by atoms with E-state index in [1.807, 2.05) is 0 Å². The highest BCUT2D eigenvalue weighted by Gasteiger charge is 2.32. The van der Waals surface area contributed by atoms with Crippen LogP contribution < -0.4 is 10.2 Å². The van der Waals surface area contributed by atoms with Crippen LogP contribution in [0.15, 0.2) is 24.3 Å². The van der Waals surface area contributed by atoms with Crippen molar-refractivity contribution in [1.29, 1.82) is 0 Å². The van der Waals surface area contributed by atoms with Gasteiger partial charge in [-0.3, -0.25) is 0 Å². The number of nitrogens with zero attached hydrogens (tertiary/aromatic N) is 1. The summed E-state index contributed by atoms with van der Waals surface area (Å²) < 4.78 is 0. The van der Waals surface area contributed by atoms with Crippen LogP contribution in [-0.4, -0.2) is 25.7 Å². The Morgan fingerprint density at radius 3 is 2.68 bits per heavy atom. The first-order valence-electron chi connectivity index (χ1n) is 7.70. The van der Waals surface area contributed by atoms with E-state index >= 15 is 0 Å². The first-order valence-corrected chi connectivity index (χ1v) is 7.70. The molecular weight excluding hydrogens is 232 g/mol. The molecule has 1 fully saturated rings. The van der Waals surface area contributed by atoms with E-state index in [4.69, 9.17) is 0 Å². The van der Waals surface area contributed by atoms with Gasteiger partial charge in [0.2, 0.25) is 0 Å². The molecule has 3 unspecified atom stereocenters. The van der Waals surface area contributed by atoms with Crippen molar-refractivity contribution in [3.8, 4) is 0 Å². The predicted molar refractivity (Wildman–Crippen MR) is 83.9 cm³/mol. The van der Waals surface area contributed by atoms with Gasteiger partial charge in [0.05, 0.1) is 0 Å². The Hall–Kier alpha value is -1.02. The van der Waals surface area contributed by atoms with E-state index in [2.05, 4.69) is 62.3 Å². The van der Waals surface area contributed by atoms with Crippen LogP contribution in [0.3, 0.4) is 0 Å². The average molecular weight is 260 g/mol. The normalized spacial score (nSPS) is 27.6. The lowest BCUT2D eigenvalue weighted by Gasteiger charge is -2.44. The molecule has 0 radical (unpaired) electrons. The molecule has 0 aliphatic carbocycles. The molecule has 19 heavy (non-hydrogen) atoms. The number of aryl methyl sites for hydroxylation is 1. The van der Waals surface area contributed by atoms with Crippen LogP contribution >= 0.6 is 0 Å². The maximum atomic E-state index is 3.47. The third kappa shape index (κ3) is 2.94. The largest absolute Gasteiger partial charge is 0.368 e. The Bertz CT molecular complexity index is 402. The van der Waals surface area contributed by atoms with Crippen molar-refractivity contribution in [2.45, 2.75) is 52.1 Å². The van der Waals surface area contributed by atoms with Crippen molar-refractivity contribution in [1.82, 2.24) is 5.32 Å². The summed E-state index contributed by atoms with van der Waals surface area (Å²) in [6, 6.07) is 10.2. The summed E-state index contributed by atoms with van der Waals surface area (Å²) in [7, 11) is 2.09. The SMILES string of the molecule is CCCc1ccccc1N1CCC(NC)C(C)C1C. The van der Waals surface area contributed by atoms with Crippen LogP contribution in [0, 0.1) is 5.92 Å². The van der Waals surface area contributed by atoms with Crippen LogP contribution in [-0.2, 0) is 6.42 Å². The fourth-order valence-electron chi connectivity index (χ4n) is 3.38. The molecule has 1 aromatic rings. The van der Waals surface area contributed by atoms with Crippen molar-refractivity contribution >= 4 is 5.69 Å². The van der Waals surface area contributed by atoms with E-state index < -0.39 is 0 Å². The number of hydrogen-bond acceptors (Lipinski definition) is 2. The molecule has 0 spiro atoms. The molecule has 1 heterocycles. The van der Waals surface area contributed by atoms with Crippen molar-refractivity contribution in [2.75, 3.05) is 18.5 Å². The number of benzene rings is 1. The standard InChI is InChI=1S/C17H28N2/c1-5-8-15-9-6-7-10-17(15)19-12-11-16(18-4)13(2)14(19)3/h6-7,9-10,13-14,16,18H,5,8,11-12H2,1-4H3. The molecule has 0 saturated carbocycles. The minimum absolute atomic E-state index is 0.601. The number of hydrogen-bond donors (Lipinski definition) is 1. The number of piperidine rings is 1. The summed E-state index contributed by atoms with van der Waals surface area (Å²) in [6.45, 7) is 8.17. The molecule has 1 aliphatic rings. The molecule has 0 amide bonds. The lowest BCUT2D eigenvalue weighted by Crippen LogP contribution is -2.53. The Kier molecular flexibility index (Phi) is 4.87. The van der Waals surface area contributed by atoms with Gasteiger partial charge in [-0.25, -0.2) is 0 Å². The molecule has 2 nitrogen and oxygen atoms in total. The summed E-state index contributed by atoms with van der Waals surface area (Å²) in [5.41, 5.74) is 2.96. The van der Waals surface area contributed by atoms with E-state index in [0.717, 1.165) is 6.54 Å². The Morgan fingerprint density at radius 1 is 1.26 bits per heavy atom. The van der Waals surface area contributed by atoms with Crippen molar-refractivity contribution in [3.63, 3.8) is 0 Å². The Labute approximate surface area is 118 Å². The first kappa shape index (κ1) is 14.4. The minimum atomic E-state index is 0.601. The summed E-state index contributed by atoms with van der Waals surface area (Å²) in [4.78, 5) is 2.61. The quantitative estimate of drug-likeness (QED) is 0.892. The van der Waals surface area contributed by atoms with Gasteiger partial charge >= 0.3 is 0 Å². The fourth-order valence-corrected chi connectivity index (χ4v) is 3.38. The first-order chi connectivity index (χ1) is 9.19. The number of para-hydroxylation sites is 1. The number of anilines is 1. The predicted octanol–water partition coefficient (Wildman–Crippen LogP) is 3.46. The van der Waals surface area contributed by atoms with Gasteiger partial charge in [0.25, 0.3) is 0 Å². The molecule has 2 heteroatoms. The molecule has 3 atom stereocenters. The monoisotopic (exact) mass is 260 g/mol. The van der Waals surface area contributed by atoms with Gasteiger partial charge in [0, 0.05) is 24.3 Å².